The van der Waals surface area contributed by atoms with Crippen molar-refractivity contribution in [2.24, 2.45) is 5.92 Å². The van der Waals surface area contributed by atoms with Crippen molar-refractivity contribution in [2.75, 3.05) is 6.54 Å². The molecule has 2 aliphatic carbocycles. The molecule has 1 aliphatic heterocycles. The normalized spacial score (nSPS) is 31.9. The second-order valence-corrected chi connectivity index (χ2v) is 6.59. The molecule has 0 aromatic rings. The summed E-state index contributed by atoms with van der Waals surface area (Å²) in [7, 11) is 0. The van der Waals surface area contributed by atoms with Crippen LogP contribution in [0.4, 0.5) is 0 Å². The van der Waals surface area contributed by atoms with Gasteiger partial charge in [0.1, 0.15) is 0 Å². The number of rotatable bonds is 2. The molecule has 1 saturated heterocycles. The molecule has 0 aromatic heterocycles. The quantitative estimate of drug-likeness (QED) is 0.790. The summed E-state index contributed by atoms with van der Waals surface area (Å²) >= 11 is 0. The number of piperidine rings is 1. The molecular formula is C15H26N2O. The van der Waals surface area contributed by atoms with E-state index in [4.69, 9.17) is 0 Å². The van der Waals surface area contributed by atoms with Gasteiger partial charge >= 0.3 is 0 Å². The van der Waals surface area contributed by atoms with Crippen LogP contribution >= 0.6 is 0 Å². The fourth-order valence-electron chi connectivity index (χ4n) is 3.95. The van der Waals surface area contributed by atoms with Gasteiger partial charge in [-0.25, -0.2) is 0 Å². The molecule has 2 saturated carbocycles. The molecule has 1 spiro atoms. The maximum atomic E-state index is 12.3. The first-order chi connectivity index (χ1) is 8.77. The summed E-state index contributed by atoms with van der Waals surface area (Å²) in [5.41, 5.74) is 0.392. The molecule has 1 unspecified atom stereocenters. The predicted molar refractivity (Wildman–Crippen MR) is 72.3 cm³/mol. The zero-order chi connectivity index (χ0) is 12.4. The third-order valence-electron chi connectivity index (χ3n) is 5.26. The lowest BCUT2D eigenvalue weighted by Crippen LogP contribution is -2.60. The predicted octanol–water partition coefficient (Wildman–Crippen LogP) is 2.36. The van der Waals surface area contributed by atoms with Crippen molar-refractivity contribution < 1.29 is 4.79 Å². The van der Waals surface area contributed by atoms with Crippen molar-refractivity contribution in [3.05, 3.63) is 0 Å². The van der Waals surface area contributed by atoms with E-state index in [-0.39, 0.29) is 0 Å². The maximum Gasteiger partial charge on any atom is 0.223 e. The van der Waals surface area contributed by atoms with Gasteiger partial charge < -0.3 is 10.6 Å². The van der Waals surface area contributed by atoms with Crippen LogP contribution in [0.5, 0.6) is 0 Å². The highest BCUT2D eigenvalue weighted by Gasteiger charge is 2.41. The van der Waals surface area contributed by atoms with E-state index in [2.05, 4.69) is 10.6 Å². The number of nitrogens with one attached hydrogen (secondary N) is 2. The average Bonchev–Trinajstić information content (AvgIpc) is 2.38. The highest BCUT2D eigenvalue weighted by Crippen LogP contribution is 2.38. The molecule has 3 rings (SSSR count). The van der Waals surface area contributed by atoms with Crippen molar-refractivity contribution in [3.8, 4) is 0 Å². The Morgan fingerprint density at radius 3 is 2.50 bits per heavy atom. The average molecular weight is 250 g/mol. The minimum absolute atomic E-state index is 0.311. The molecule has 3 nitrogen and oxygen atoms in total. The minimum Gasteiger partial charge on any atom is -0.353 e. The molecule has 1 atom stereocenters. The zero-order valence-electron chi connectivity index (χ0n) is 11.3. The van der Waals surface area contributed by atoms with Crippen LogP contribution in [0.2, 0.25) is 0 Å². The van der Waals surface area contributed by atoms with Crippen molar-refractivity contribution in [1.82, 2.24) is 10.6 Å². The molecule has 0 aromatic carbocycles. The molecule has 102 valence electrons. The maximum absolute atomic E-state index is 12.3. The van der Waals surface area contributed by atoms with E-state index < -0.39 is 0 Å². The van der Waals surface area contributed by atoms with Gasteiger partial charge in [0, 0.05) is 17.5 Å². The van der Waals surface area contributed by atoms with Crippen LogP contribution in [-0.2, 0) is 4.79 Å². The van der Waals surface area contributed by atoms with Gasteiger partial charge in [-0.1, -0.05) is 19.3 Å². The number of carbonyl (C=O) groups excluding carboxylic acids is 1. The van der Waals surface area contributed by atoms with Crippen molar-refractivity contribution in [3.63, 3.8) is 0 Å². The fourth-order valence-corrected chi connectivity index (χ4v) is 3.95. The van der Waals surface area contributed by atoms with Crippen LogP contribution in [0.1, 0.15) is 64.2 Å². The van der Waals surface area contributed by atoms with Crippen molar-refractivity contribution in [2.45, 2.75) is 75.8 Å². The van der Waals surface area contributed by atoms with Crippen LogP contribution < -0.4 is 10.6 Å². The Labute approximate surface area is 110 Å². The lowest BCUT2D eigenvalue weighted by molar-refractivity contribution is -0.127. The van der Waals surface area contributed by atoms with E-state index in [9.17, 15) is 4.79 Å². The molecule has 2 N–H and O–H groups in total. The molecular weight excluding hydrogens is 224 g/mol. The van der Waals surface area contributed by atoms with Crippen LogP contribution in [0, 0.1) is 5.92 Å². The van der Waals surface area contributed by atoms with E-state index >= 15 is 0 Å². The summed E-state index contributed by atoms with van der Waals surface area (Å²) in [5, 5.41) is 7.00. The molecule has 3 heteroatoms. The summed E-state index contributed by atoms with van der Waals surface area (Å²) in [6.45, 7) is 1.08. The van der Waals surface area contributed by atoms with E-state index in [0.29, 0.717) is 23.4 Å². The zero-order valence-corrected chi connectivity index (χ0v) is 11.3. The fraction of sp³-hybridized carbons (Fsp3) is 0.933. The molecule has 3 aliphatic rings. The highest BCUT2D eigenvalue weighted by atomic mass is 16.1. The third kappa shape index (κ3) is 2.56. The van der Waals surface area contributed by atoms with Crippen LogP contribution in [0.15, 0.2) is 0 Å². The number of hydrogen-bond acceptors (Lipinski definition) is 2. The SMILES string of the molecule is O=C(NC1CCNC2(CCC2)C1)C1CCCCC1. The number of hydrogen-bond donors (Lipinski definition) is 2. The number of amides is 1. The van der Waals surface area contributed by atoms with Crippen molar-refractivity contribution in [1.29, 1.82) is 0 Å². The first-order valence-electron chi connectivity index (χ1n) is 7.83. The van der Waals surface area contributed by atoms with Gasteiger partial charge in [0.05, 0.1) is 0 Å². The monoisotopic (exact) mass is 250 g/mol. The Hall–Kier alpha value is -0.570. The second kappa shape index (κ2) is 5.20. The summed E-state index contributed by atoms with van der Waals surface area (Å²) in [6, 6.07) is 0.431. The molecule has 0 bridgehead atoms. The molecule has 18 heavy (non-hydrogen) atoms. The van der Waals surface area contributed by atoms with E-state index in [0.717, 1.165) is 32.2 Å². The van der Waals surface area contributed by atoms with Crippen molar-refractivity contribution >= 4 is 5.91 Å². The Morgan fingerprint density at radius 2 is 1.83 bits per heavy atom. The van der Waals surface area contributed by atoms with Gasteiger partial charge in [-0.15, -0.1) is 0 Å². The minimum atomic E-state index is 0.311. The Morgan fingerprint density at radius 1 is 1.06 bits per heavy atom. The van der Waals surface area contributed by atoms with Crippen LogP contribution in [0.3, 0.4) is 0 Å². The summed E-state index contributed by atoms with van der Waals surface area (Å²) in [6.07, 6.45) is 12.3. The molecule has 3 fully saturated rings. The van der Waals surface area contributed by atoms with Gasteiger partial charge in [0.2, 0.25) is 5.91 Å². The largest absolute Gasteiger partial charge is 0.353 e. The lowest BCUT2D eigenvalue weighted by Gasteiger charge is -2.48. The topological polar surface area (TPSA) is 41.1 Å². The first kappa shape index (κ1) is 12.5. The summed E-state index contributed by atoms with van der Waals surface area (Å²) in [4.78, 5) is 12.3. The summed E-state index contributed by atoms with van der Waals surface area (Å²) < 4.78 is 0. The highest BCUT2D eigenvalue weighted by molar-refractivity contribution is 5.79. The van der Waals surface area contributed by atoms with E-state index in [1.54, 1.807) is 0 Å². The van der Waals surface area contributed by atoms with Gasteiger partial charge in [0.15, 0.2) is 0 Å². The van der Waals surface area contributed by atoms with Gasteiger partial charge in [-0.05, 0) is 51.5 Å². The second-order valence-electron chi connectivity index (χ2n) is 6.59. The first-order valence-corrected chi connectivity index (χ1v) is 7.83. The number of carbonyl (C=O) groups is 1. The van der Waals surface area contributed by atoms with E-state index in [1.807, 2.05) is 0 Å². The van der Waals surface area contributed by atoms with Gasteiger partial charge in [-0.3, -0.25) is 4.79 Å². The standard InChI is InChI=1S/C15H26N2O/c18-14(12-5-2-1-3-6-12)17-13-7-10-16-15(11-13)8-4-9-15/h12-13,16H,1-11H2,(H,17,18). The van der Waals surface area contributed by atoms with Gasteiger partial charge in [0.25, 0.3) is 0 Å². The van der Waals surface area contributed by atoms with Crippen LogP contribution in [0.25, 0.3) is 0 Å². The van der Waals surface area contributed by atoms with Crippen LogP contribution in [-0.4, -0.2) is 24.0 Å². The Kier molecular flexibility index (Phi) is 3.60. The summed E-state index contributed by atoms with van der Waals surface area (Å²) in [5.74, 6) is 0.655. The molecule has 1 heterocycles. The smallest absolute Gasteiger partial charge is 0.223 e. The van der Waals surface area contributed by atoms with E-state index in [1.165, 1.54) is 38.5 Å². The molecule has 0 radical (unpaired) electrons. The Balaban J connectivity index is 1.50. The third-order valence-corrected chi connectivity index (χ3v) is 5.26. The van der Waals surface area contributed by atoms with Gasteiger partial charge in [-0.2, -0.15) is 0 Å². The lowest BCUT2D eigenvalue weighted by atomic mass is 9.70. The Bertz CT molecular complexity index is 306. The molecule has 1 amide bonds.